The first kappa shape index (κ1) is 22.6. The average molecular weight is 425 g/mol. The van der Waals surface area contributed by atoms with E-state index < -0.39 is 6.10 Å². The zero-order valence-electron chi connectivity index (χ0n) is 18.5. The van der Waals surface area contributed by atoms with Gasteiger partial charge in [0, 0.05) is 25.7 Å². The molecule has 0 radical (unpaired) electrons. The number of fused-ring (bicyclic) bond motifs is 1. The second-order valence-corrected chi connectivity index (χ2v) is 7.55. The van der Waals surface area contributed by atoms with Gasteiger partial charge in [0.2, 0.25) is 0 Å². The van der Waals surface area contributed by atoms with Crippen molar-refractivity contribution in [3.8, 4) is 5.75 Å². The SMILES string of the molecule is CCNC(=NCC(O)c1cccc(OC(C)C)c1)NCCCc1nnc2ccccn12. The van der Waals surface area contributed by atoms with Gasteiger partial charge in [0.25, 0.3) is 0 Å². The van der Waals surface area contributed by atoms with Crippen LogP contribution in [0.3, 0.4) is 0 Å². The summed E-state index contributed by atoms with van der Waals surface area (Å²) in [4.78, 5) is 4.54. The first-order valence-corrected chi connectivity index (χ1v) is 10.8. The molecule has 1 unspecified atom stereocenters. The number of pyridine rings is 1. The summed E-state index contributed by atoms with van der Waals surface area (Å²) in [5, 5.41) is 25.5. The summed E-state index contributed by atoms with van der Waals surface area (Å²) in [5.41, 5.74) is 1.65. The number of guanidine groups is 1. The van der Waals surface area contributed by atoms with Crippen LogP contribution in [0.2, 0.25) is 0 Å². The normalized spacial score (nSPS) is 12.9. The van der Waals surface area contributed by atoms with Gasteiger partial charge >= 0.3 is 0 Å². The molecule has 0 saturated heterocycles. The van der Waals surface area contributed by atoms with Crippen LogP contribution in [0.5, 0.6) is 5.75 Å². The molecule has 0 aliphatic carbocycles. The Balaban J connectivity index is 1.51. The topological polar surface area (TPSA) is 96.1 Å². The molecule has 3 rings (SSSR count). The molecule has 2 heterocycles. The molecule has 0 saturated carbocycles. The van der Waals surface area contributed by atoms with Crippen molar-refractivity contribution < 1.29 is 9.84 Å². The Hall–Kier alpha value is -3.13. The highest BCUT2D eigenvalue weighted by molar-refractivity contribution is 5.79. The first-order chi connectivity index (χ1) is 15.1. The maximum Gasteiger partial charge on any atom is 0.191 e. The molecule has 3 aromatic rings. The Morgan fingerprint density at radius 2 is 2.03 bits per heavy atom. The van der Waals surface area contributed by atoms with Gasteiger partial charge in [-0.2, -0.15) is 0 Å². The average Bonchev–Trinajstić information content (AvgIpc) is 3.17. The van der Waals surface area contributed by atoms with Crippen LogP contribution in [0.25, 0.3) is 5.65 Å². The van der Waals surface area contributed by atoms with Crippen molar-refractivity contribution >= 4 is 11.6 Å². The van der Waals surface area contributed by atoms with Crippen molar-refractivity contribution in [1.82, 2.24) is 25.2 Å². The predicted octanol–water partition coefficient (Wildman–Crippen LogP) is 2.74. The van der Waals surface area contributed by atoms with Crippen LogP contribution in [-0.2, 0) is 6.42 Å². The van der Waals surface area contributed by atoms with Gasteiger partial charge in [-0.3, -0.25) is 9.39 Å². The van der Waals surface area contributed by atoms with E-state index in [4.69, 9.17) is 4.74 Å². The van der Waals surface area contributed by atoms with Gasteiger partial charge in [-0.05, 0) is 57.0 Å². The Morgan fingerprint density at radius 3 is 2.84 bits per heavy atom. The number of hydrogen-bond donors (Lipinski definition) is 3. The van der Waals surface area contributed by atoms with Crippen molar-refractivity contribution in [3.63, 3.8) is 0 Å². The van der Waals surface area contributed by atoms with Crippen LogP contribution in [0.15, 0.2) is 53.7 Å². The molecular weight excluding hydrogens is 392 g/mol. The maximum absolute atomic E-state index is 10.6. The highest BCUT2D eigenvalue weighted by Crippen LogP contribution is 2.20. The Kier molecular flexibility index (Phi) is 8.23. The molecule has 8 heteroatoms. The van der Waals surface area contributed by atoms with E-state index in [2.05, 4.69) is 25.8 Å². The minimum absolute atomic E-state index is 0.0886. The van der Waals surface area contributed by atoms with Crippen LogP contribution >= 0.6 is 0 Å². The van der Waals surface area contributed by atoms with Crippen molar-refractivity contribution in [3.05, 3.63) is 60.0 Å². The molecular formula is C23H32N6O2. The Bertz CT molecular complexity index is 985. The number of aliphatic hydroxyl groups is 1. The summed E-state index contributed by atoms with van der Waals surface area (Å²) < 4.78 is 7.72. The molecule has 0 spiro atoms. The summed E-state index contributed by atoms with van der Waals surface area (Å²) in [5.74, 6) is 2.38. The molecule has 31 heavy (non-hydrogen) atoms. The number of aliphatic imine (C=N–C) groups is 1. The van der Waals surface area contributed by atoms with Gasteiger partial charge in [-0.25, -0.2) is 0 Å². The number of aliphatic hydroxyl groups excluding tert-OH is 1. The van der Waals surface area contributed by atoms with E-state index in [0.29, 0.717) is 5.96 Å². The Morgan fingerprint density at radius 1 is 1.16 bits per heavy atom. The molecule has 3 N–H and O–H groups in total. The van der Waals surface area contributed by atoms with Gasteiger partial charge in [-0.1, -0.05) is 18.2 Å². The lowest BCUT2D eigenvalue weighted by Gasteiger charge is -2.15. The van der Waals surface area contributed by atoms with E-state index in [-0.39, 0.29) is 12.6 Å². The molecule has 0 bridgehead atoms. The van der Waals surface area contributed by atoms with Crippen molar-refractivity contribution in [2.24, 2.45) is 4.99 Å². The standard InChI is InChI=1S/C23H32N6O2/c1-4-24-23(25-13-8-12-22-28-27-21-11-5-6-14-29(21)22)26-16-20(30)18-9-7-10-19(15-18)31-17(2)3/h5-7,9-11,14-15,17,20,30H,4,8,12-13,16H2,1-3H3,(H2,24,25,26). The molecule has 166 valence electrons. The summed E-state index contributed by atoms with van der Waals surface area (Å²) in [6.07, 6.45) is 3.06. The quantitative estimate of drug-likeness (QED) is 0.263. The zero-order chi connectivity index (χ0) is 22.1. The van der Waals surface area contributed by atoms with Crippen LogP contribution < -0.4 is 15.4 Å². The fourth-order valence-electron chi connectivity index (χ4n) is 3.21. The van der Waals surface area contributed by atoms with Crippen LogP contribution in [-0.4, -0.2) is 51.4 Å². The van der Waals surface area contributed by atoms with Crippen molar-refractivity contribution in [2.75, 3.05) is 19.6 Å². The van der Waals surface area contributed by atoms with Crippen molar-refractivity contribution in [1.29, 1.82) is 0 Å². The highest BCUT2D eigenvalue weighted by atomic mass is 16.5. The number of aromatic nitrogens is 3. The van der Waals surface area contributed by atoms with Crippen LogP contribution in [0.4, 0.5) is 0 Å². The van der Waals surface area contributed by atoms with Crippen LogP contribution in [0.1, 0.15) is 44.7 Å². The minimum atomic E-state index is -0.700. The number of ether oxygens (including phenoxy) is 1. The molecule has 0 fully saturated rings. The molecule has 8 nitrogen and oxygen atoms in total. The maximum atomic E-state index is 10.6. The summed E-state index contributed by atoms with van der Waals surface area (Å²) in [7, 11) is 0. The molecule has 1 atom stereocenters. The predicted molar refractivity (Wildman–Crippen MR) is 122 cm³/mol. The number of aryl methyl sites for hydroxylation is 1. The molecule has 1 aromatic carbocycles. The smallest absolute Gasteiger partial charge is 0.191 e. The van der Waals surface area contributed by atoms with E-state index in [1.807, 2.05) is 73.8 Å². The van der Waals surface area contributed by atoms with E-state index in [1.165, 1.54) is 0 Å². The third kappa shape index (κ3) is 6.68. The van der Waals surface area contributed by atoms with Crippen molar-refractivity contribution in [2.45, 2.75) is 45.8 Å². The largest absolute Gasteiger partial charge is 0.491 e. The number of benzene rings is 1. The zero-order valence-corrected chi connectivity index (χ0v) is 18.5. The third-order valence-electron chi connectivity index (χ3n) is 4.64. The van der Waals surface area contributed by atoms with E-state index in [1.54, 1.807) is 0 Å². The van der Waals surface area contributed by atoms with Crippen LogP contribution in [0, 0.1) is 0 Å². The van der Waals surface area contributed by atoms with Gasteiger partial charge in [0.15, 0.2) is 11.6 Å². The minimum Gasteiger partial charge on any atom is -0.491 e. The second-order valence-electron chi connectivity index (χ2n) is 7.55. The van der Waals surface area contributed by atoms with E-state index >= 15 is 0 Å². The molecule has 0 aliphatic heterocycles. The summed E-state index contributed by atoms with van der Waals surface area (Å²) in [6, 6.07) is 13.4. The van der Waals surface area contributed by atoms with Gasteiger partial charge in [-0.15, -0.1) is 10.2 Å². The lowest BCUT2D eigenvalue weighted by molar-refractivity contribution is 0.185. The second kappa shape index (κ2) is 11.3. The lowest BCUT2D eigenvalue weighted by atomic mass is 10.1. The molecule has 2 aromatic heterocycles. The number of nitrogens with one attached hydrogen (secondary N) is 2. The lowest BCUT2D eigenvalue weighted by Crippen LogP contribution is -2.38. The third-order valence-corrected chi connectivity index (χ3v) is 4.64. The van der Waals surface area contributed by atoms with E-state index in [0.717, 1.165) is 48.7 Å². The number of rotatable bonds is 10. The fourth-order valence-corrected chi connectivity index (χ4v) is 3.21. The molecule has 0 amide bonds. The summed E-state index contributed by atoms with van der Waals surface area (Å²) in [6.45, 7) is 7.72. The summed E-state index contributed by atoms with van der Waals surface area (Å²) >= 11 is 0. The fraction of sp³-hybridized carbons (Fsp3) is 0.435. The first-order valence-electron chi connectivity index (χ1n) is 10.8. The molecule has 0 aliphatic rings. The Labute approximate surface area is 183 Å². The highest BCUT2D eigenvalue weighted by Gasteiger charge is 2.10. The van der Waals surface area contributed by atoms with Gasteiger partial charge < -0.3 is 20.5 Å². The van der Waals surface area contributed by atoms with Gasteiger partial charge in [0.1, 0.15) is 11.6 Å². The van der Waals surface area contributed by atoms with Gasteiger partial charge in [0.05, 0.1) is 18.8 Å². The number of hydrogen-bond acceptors (Lipinski definition) is 5. The monoisotopic (exact) mass is 424 g/mol. The van der Waals surface area contributed by atoms with E-state index in [9.17, 15) is 5.11 Å². The number of nitrogens with zero attached hydrogens (tertiary/aromatic N) is 4.